The van der Waals surface area contributed by atoms with Crippen molar-refractivity contribution in [2.45, 2.75) is 17.7 Å². The Morgan fingerprint density at radius 3 is 2.44 bits per heavy atom. The molecule has 9 heteroatoms. The lowest BCUT2D eigenvalue weighted by atomic mass is 10.0. The number of carbonyl (C=O) groups is 2. The number of hydrogen-bond acceptors (Lipinski definition) is 4. The molecule has 3 rings (SSSR count). The molecule has 27 heavy (non-hydrogen) atoms. The van der Waals surface area contributed by atoms with Crippen LogP contribution >= 0.6 is 0 Å². The van der Waals surface area contributed by atoms with Gasteiger partial charge in [0.2, 0.25) is 15.9 Å². The van der Waals surface area contributed by atoms with Gasteiger partial charge in [0.15, 0.2) is 0 Å². The van der Waals surface area contributed by atoms with Crippen molar-refractivity contribution in [3.05, 3.63) is 53.3 Å². The Morgan fingerprint density at radius 1 is 1.15 bits per heavy atom. The first-order chi connectivity index (χ1) is 12.7. The van der Waals surface area contributed by atoms with Crippen LogP contribution in [0.15, 0.2) is 41.3 Å². The molecule has 2 aromatic carbocycles. The molecule has 2 amide bonds. The monoisotopic (exact) mass is 391 g/mol. The van der Waals surface area contributed by atoms with Gasteiger partial charge < -0.3 is 10.6 Å². The molecular formula is C18H18FN3O4S. The maximum Gasteiger partial charge on any atom is 0.255 e. The molecule has 0 aliphatic carbocycles. The molecule has 0 atom stereocenters. The van der Waals surface area contributed by atoms with Gasteiger partial charge in [0.1, 0.15) is 5.82 Å². The van der Waals surface area contributed by atoms with E-state index in [0.29, 0.717) is 24.1 Å². The predicted octanol–water partition coefficient (Wildman–Crippen LogP) is 2.21. The molecule has 0 unspecified atom stereocenters. The van der Waals surface area contributed by atoms with Gasteiger partial charge in [0.05, 0.1) is 10.6 Å². The van der Waals surface area contributed by atoms with Gasteiger partial charge in [0.25, 0.3) is 5.91 Å². The highest BCUT2D eigenvalue weighted by atomic mass is 32.2. The zero-order valence-corrected chi connectivity index (χ0v) is 15.6. The normalized spacial score (nSPS) is 13.9. The van der Waals surface area contributed by atoms with Crippen LogP contribution in [0.3, 0.4) is 0 Å². The van der Waals surface area contributed by atoms with Crippen molar-refractivity contribution in [1.29, 1.82) is 0 Å². The van der Waals surface area contributed by atoms with Gasteiger partial charge >= 0.3 is 0 Å². The summed E-state index contributed by atoms with van der Waals surface area (Å²) >= 11 is 0. The van der Waals surface area contributed by atoms with E-state index >= 15 is 0 Å². The van der Waals surface area contributed by atoms with Crippen LogP contribution < -0.4 is 10.6 Å². The van der Waals surface area contributed by atoms with Crippen molar-refractivity contribution in [2.24, 2.45) is 0 Å². The molecule has 1 aliphatic heterocycles. The van der Waals surface area contributed by atoms with Crippen LogP contribution in [0.1, 0.15) is 22.3 Å². The fourth-order valence-electron chi connectivity index (χ4n) is 2.68. The molecular weight excluding hydrogens is 373 g/mol. The highest BCUT2D eigenvalue weighted by Gasteiger charge is 2.20. The molecule has 0 radical (unpaired) electrons. The van der Waals surface area contributed by atoms with Crippen LogP contribution in [0.25, 0.3) is 0 Å². The largest absolute Gasteiger partial charge is 0.326 e. The Hall–Kier alpha value is -2.78. The standard InChI is InChI=1S/C18H18FN3O4S/c1-22(2)27(25,26)13-6-3-11(4-7-13)18(24)21-16-10-15-12(9-14(16)19)5-8-17(23)20-15/h3-4,6-7,9-10H,5,8H2,1-2H3,(H,20,23)(H,21,24). The average Bonchev–Trinajstić information content (AvgIpc) is 2.62. The summed E-state index contributed by atoms with van der Waals surface area (Å²) in [6, 6.07) is 8.00. The molecule has 0 aromatic heterocycles. The molecule has 0 saturated heterocycles. The van der Waals surface area contributed by atoms with Crippen LogP contribution in [-0.4, -0.2) is 38.6 Å². The van der Waals surface area contributed by atoms with Crippen molar-refractivity contribution in [3.8, 4) is 0 Å². The molecule has 142 valence electrons. The first-order valence-electron chi connectivity index (χ1n) is 8.14. The number of nitrogens with one attached hydrogen (secondary N) is 2. The summed E-state index contributed by atoms with van der Waals surface area (Å²) in [6.45, 7) is 0. The Bertz CT molecular complexity index is 1020. The quantitative estimate of drug-likeness (QED) is 0.835. The molecule has 0 bridgehead atoms. The number of anilines is 2. The third kappa shape index (κ3) is 3.83. The van der Waals surface area contributed by atoms with Gasteiger partial charge in [-0.1, -0.05) is 0 Å². The maximum absolute atomic E-state index is 14.2. The molecule has 1 heterocycles. The summed E-state index contributed by atoms with van der Waals surface area (Å²) in [4.78, 5) is 23.9. The minimum Gasteiger partial charge on any atom is -0.326 e. The molecule has 7 nitrogen and oxygen atoms in total. The van der Waals surface area contributed by atoms with Gasteiger partial charge in [-0.25, -0.2) is 17.1 Å². The van der Waals surface area contributed by atoms with E-state index in [1.807, 2.05) is 0 Å². The van der Waals surface area contributed by atoms with E-state index in [-0.39, 0.29) is 22.1 Å². The van der Waals surface area contributed by atoms with Crippen molar-refractivity contribution in [1.82, 2.24) is 4.31 Å². The predicted molar refractivity (Wildman–Crippen MR) is 98.6 cm³/mol. The number of sulfonamides is 1. The van der Waals surface area contributed by atoms with Crippen LogP contribution in [-0.2, 0) is 21.2 Å². The van der Waals surface area contributed by atoms with E-state index in [0.717, 1.165) is 4.31 Å². The lowest BCUT2D eigenvalue weighted by Crippen LogP contribution is -2.22. The zero-order chi connectivity index (χ0) is 19.8. The van der Waals surface area contributed by atoms with E-state index in [9.17, 15) is 22.4 Å². The number of halogens is 1. The summed E-state index contributed by atoms with van der Waals surface area (Å²) < 4.78 is 39.4. The van der Waals surface area contributed by atoms with Gasteiger partial charge in [-0.05, 0) is 48.4 Å². The maximum atomic E-state index is 14.2. The van der Waals surface area contributed by atoms with Gasteiger partial charge in [-0.2, -0.15) is 0 Å². The van der Waals surface area contributed by atoms with Gasteiger partial charge in [-0.3, -0.25) is 9.59 Å². The summed E-state index contributed by atoms with van der Waals surface area (Å²) in [5, 5.41) is 5.09. The number of nitrogens with zero attached hydrogens (tertiary/aromatic N) is 1. The van der Waals surface area contributed by atoms with Crippen LogP contribution in [0.2, 0.25) is 0 Å². The summed E-state index contributed by atoms with van der Waals surface area (Å²) in [5.41, 5.74) is 1.25. The number of fused-ring (bicyclic) bond motifs is 1. The average molecular weight is 391 g/mol. The first kappa shape index (κ1) is 19.0. The summed E-state index contributed by atoms with van der Waals surface area (Å²) in [6.07, 6.45) is 0.731. The van der Waals surface area contributed by atoms with E-state index in [4.69, 9.17) is 0 Å². The Morgan fingerprint density at radius 2 is 1.81 bits per heavy atom. The molecule has 0 saturated carbocycles. The minimum atomic E-state index is -3.60. The SMILES string of the molecule is CN(C)S(=O)(=O)c1ccc(C(=O)Nc2cc3c(cc2F)CCC(=O)N3)cc1. The number of benzene rings is 2. The number of aryl methyl sites for hydroxylation is 1. The number of amides is 2. The van der Waals surface area contributed by atoms with E-state index in [1.54, 1.807) is 0 Å². The Labute approximate surface area is 156 Å². The number of carbonyl (C=O) groups excluding carboxylic acids is 2. The van der Waals surface area contributed by atoms with E-state index in [1.165, 1.54) is 50.5 Å². The van der Waals surface area contributed by atoms with E-state index < -0.39 is 21.7 Å². The first-order valence-corrected chi connectivity index (χ1v) is 9.58. The molecule has 1 aliphatic rings. The van der Waals surface area contributed by atoms with Crippen LogP contribution in [0.4, 0.5) is 15.8 Å². The molecule has 2 N–H and O–H groups in total. The number of rotatable bonds is 4. The Balaban J connectivity index is 1.82. The second-order valence-electron chi connectivity index (χ2n) is 6.30. The second kappa shape index (κ2) is 7.09. The third-order valence-corrected chi connectivity index (χ3v) is 6.06. The highest BCUT2D eigenvalue weighted by molar-refractivity contribution is 7.89. The van der Waals surface area contributed by atoms with E-state index in [2.05, 4.69) is 10.6 Å². The Kier molecular flexibility index (Phi) is 4.99. The van der Waals surface area contributed by atoms with Crippen molar-refractivity contribution < 1.29 is 22.4 Å². The fourth-order valence-corrected chi connectivity index (χ4v) is 3.58. The van der Waals surface area contributed by atoms with Gasteiger partial charge in [0, 0.05) is 31.8 Å². The third-order valence-electron chi connectivity index (χ3n) is 4.23. The number of hydrogen-bond donors (Lipinski definition) is 2. The summed E-state index contributed by atoms with van der Waals surface area (Å²) in [7, 11) is -0.778. The van der Waals surface area contributed by atoms with Crippen LogP contribution in [0.5, 0.6) is 0 Å². The smallest absolute Gasteiger partial charge is 0.255 e. The zero-order valence-electron chi connectivity index (χ0n) is 14.7. The van der Waals surface area contributed by atoms with Crippen molar-refractivity contribution >= 4 is 33.2 Å². The van der Waals surface area contributed by atoms with Crippen molar-refractivity contribution in [2.75, 3.05) is 24.7 Å². The molecule has 0 spiro atoms. The summed E-state index contributed by atoms with van der Waals surface area (Å²) in [5.74, 6) is -1.36. The molecule has 2 aromatic rings. The second-order valence-corrected chi connectivity index (χ2v) is 8.46. The molecule has 0 fully saturated rings. The highest BCUT2D eigenvalue weighted by Crippen LogP contribution is 2.29. The minimum absolute atomic E-state index is 0.0479. The fraction of sp³-hybridized carbons (Fsp3) is 0.222. The van der Waals surface area contributed by atoms with Gasteiger partial charge in [-0.15, -0.1) is 0 Å². The van der Waals surface area contributed by atoms with Crippen molar-refractivity contribution in [3.63, 3.8) is 0 Å². The lowest BCUT2D eigenvalue weighted by Gasteiger charge is -2.18. The lowest BCUT2D eigenvalue weighted by molar-refractivity contribution is -0.116. The topological polar surface area (TPSA) is 95.6 Å². The van der Waals surface area contributed by atoms with Crippen LogP contribution in [0, 0.1) is 5.82 Å².